The predicted octanol–water partition coefficient (Wildman–Crippen LogP) is 4.57. The van der Waals surface area contributed by atoms with Gasteiger partial charge in [0, 0.05) is 23.5 Å². The number of nitrogens with zero attached hydrogens (tertiary/aromatic N) is 5. The molecular weight excluding hydrogens is 379 g/mol. The maximum absolute atomic E-state index is 15.2. The summed E-state index contributed by atoms with van der Waals surface area (Å²) in [5, 5.41) is 13.2. The number of pyridine rings is 1. The second kappa shape index (κ2) is 7.65. The smallest absolute Gasteiger partial charge is 0.133 e. The number of hydrogen-bond acceptors (Lipinski definition) is 4. The second-order valence-corrected chi connectivity index (χ2v) is 7.94. The van der Waals surface area contributed by atoms with Crippen molar-refractivity contribution in [2.75, 3.05) is 6.54 Å². The Hall–Kier alpha value is -3.06. The number of rotatable bonds is 4. The molecule has 0 spiro atoms. The quantitative estimate of drug-likeness (QED) is 0.541. The molecule has 1 atom stereocenters. The fourth-order valence-corrected chi connectivity index (χ4v) is 4.34. The third-order valence-corrected chi connectivity index (χ3v) is 5.92. The van der Waals surface area contributed by atoms with Crippen molar-refractivity contribution in [3.63, 3.8) is 0 Å². The van der Waals surface area contributed by atoms with Crippen LogP contribution in [0.4, 0.5) is 4.39 Å². The van der Waals surface area contributed by atoms with Gasteiger partial charge in [0.25, 0.3) is 0 Å². The van der Waals surface area contributed by atoms with Gasteiger partial charge in [-0.1, -0.05) is 12.5 Å². The van der Waals surface area contributed by atoms with Gasteiger partial charge in [-0.25, -0.2) is 9.07 Å². The second-order valence-electron chi connectivity index (χ2n) is 7.94. The Morgan fingerprint density at radius 1 is 1.13 bits per heavy atom. The number of fused-ring (bicyclic) bond motifs is 1. The lowest BCUT2D eigenvalue weighted by Crippen LogP contribution is -2.26. The molecule has 154 valence electrons. The summed E-state index contributed by atoms with van der Waals surface area (Å²) in [5.41, 5.74) is 4.87. The fourth-order valence-electron chi connectivity index (χ4n) is 4.34. The normalized spacial score (nSPS) is 17.0. The molecule has 1 aliphatic heterocycles. The lowest BCUT2D eigenvalue weighted by atomic mass is 9.93. The van der Waals surface area contributed by atoms with Gasteiger partial charge < -0.3 is 5.32 Å². The average Bonchev–Trinajstić information content (AvgIpc) is 3.40. The van der Waals surface area contributed by atoms with E-state index < -0.39 is 0 Å². The van der Waals surface area contributed by atoms with Crippen LogP contribution in [0.25, 0.3) is 27.8 Å². The summed E-state index contributed by atoms with van der Waals surface area (Å²) >= 11 is 0. The standard InChI is InChI=1S/C23H25FN6/c1-3-29-14-18(12-27-29)30-22-13-26-21(10-17(22)11-28-30)23-15(2)8-16(9-19(23)24)20-6-4-5-7-25-20/h8-14,20,25H,3-7H2,1-2H3. The molecule has 0 amide bonds. The summed E-state index contributed by atoms with van der Waals surface area (Å²) in [5.74, 6) is -0.221. The molecule has 1 fully saturated rings. The van der Waals surface area contributed by atoms with Crippen molar-refractivity contribution in [3.05, 3.63) is 59.9 Å². The molecular formula is C23H25FN6. The highest BCUT2D eigenvalue weighted by Gasteiger charge is 2.19. The molecule has 1 N–H and O–H groups in total. The van der Waals surface area contributed by atoms with Gasteiger partial charge in [0.2, 0.25) is 0 Å². The molecule has 0 bridgehead atoms. The molecule has 30 heavy (non-hydrogen) atoms. The molecule has 3 aromatic heterocycles. The molecule has 1 saturated heterocycles. The van der Waals surface area contributed by atoms with Gasteiger partial charge in [-0.05, 0) is 56.5 Å². The van der Waals surface area contributed by atoms with E-state index in [1.807, 2.05) is 35.5 Å². The molecule has 6 nitrogen and oxygen atoms in total. The van der Waals surface area contributed by atoms with Crippen molar-refractivity contribution in [2.24, 2.45) is 0 Å². The summed E-state index contributed by atoms with van der Waals surface area (Å²) in [7, 11) is 0. The zero-order valence-electron chi connectivity index (χ0n) is 17.3. The van der Waals surface area contributed by atoms with Crippen LogP contribution < -0.4 is 5.32 Å². The summed E-state index contributed by atoms with van der Waals surface area (Å²) in [6.45, 7) is 5.79. The summed E-state index contributed by atoms with van der Waals surface area (Å²) < 4.78 is 18.8. The maximum Gasteiger partial charge on any atom is 0.133 e. The van der Waals surface area contributed by atoms with E-state index in [0.717, 1.165) is 47.2 Å². The van der Waals surface area contributed by atoms with E-state index >= 15 is 4.39 Å². The molecule has 0 aliphatic carbocycles. The molecule has 1 aromatic carbocycles. The summed E-state index contributed by atoms with van der Waals surface area (Å²) in [4.78, 5) is 4.58. The van der Waals surface area contributed by atoms with Gasteiger partial charge in [0.15, 0.2) is 0 Å². The van der Waals surface area contributed by atoms with Crippen LogP contribution in [0.15, 0.2) is 43.0 Å². The zero-order valence-corrected chi connectivity index (χ0v) is 17.3. The van der Waals surface area contributed by atoms with Gasteiger partial charge in [0.1, 0.15) is 11.5 Å². The van der Waals surface area contributed by atoms with Gasteiger partial charge in [-0.3, -0.25) is 9.67 Å². The van der Waals surface area contributed by atoms with Crippen molar-refractivity contribution >= 4 is 10.9 Å². The minimum absolute atomic E-state index is 0.221. The van der Waals surface area contributed by atoms with Crippen LogP contribution in [0, 0.1) is 12.7 Å². The van der Waals surface area contributed by atoms with Gasteiger partial charge in [-0.2, -0.15) is 10.2 Å². The zero-order chi connectivity index (χ0) is 20.7. The van der Waals surface area contributed by atoms with Crippen LogP contribution in [-0.2, 0) is 6.54 Å². The number of piperidine rings is 1. The minimum Gasteiger partial charge on any atom is -0.310 e. The molecule has 0 radical (unpaired) electrons. The summed E-state index contributed by atoms with van der Waals surface area (Å²) in [6.07, 6.45) is 10.7. The van der Waals surface area contributed by atoms with Crippen LogP contribution in [0.2, 0.25) is 0 Å². The van der Waals surface area contributed by atoms with Crippen LogP contribution in [0.3, 0.4) is 0 Å². The predicted molar refractivity (Wildman–Crippen MR) is 115 cm³/mol. The van der Waals surface area contributed by atoms with Crippen LogP contribution in [0.5, 0.6) is 0 Å². The minimum atomic E-state index is -0.221. The Morgan fingerprint density at radius 2 is 2.03 bits per heavy atom. The number of aromatic nitrogens is 5. The topological polar surface area (TPSA) is 60.6 Å². The van der Waals surface area contributed by atoms with Crippen molar-refractivity contribution in [2.45, 2.75) is 45.7 Å². The Balaban J connectivity index is 1.52. The number of hydrogen-bond donors (Lipinski definition) is 1. The first-order valence-corrected chi connectivity index (χ1v) is 10.5. The van der Waals surface area contributed by atoms with Crippen LogP contribution in [-0.4, -0.2) is 31.1 Å². The lowest BCUT2D eigenvalue weighted by molar-refractivity contribution is 0.411. The van der Waals surface area contributed by atoms with E-state index in [0.29, 0.717) is 11.3 Å². The van der Waals surface area contributed by atoms with E-state index in [-0.39, 0.29) is 11.9 Å². The lowest BCUT2D eigenvalue weighted by Gasteiger charge is -2.24. The highest BCUT2D eigenvalue weighted by Crippen LogP contribution is 2.32. The van der Waals surface area contributed by atoms with Crippen molar-refractivity contribution in [3.8, 4) is 16.9 Å². The third kappa shape index (κ3) is 3.29. The average molecular weight is 404 g/mol. The highest BCUT2D eigenvalue weighted by atomic mass is 19.1. The Bertz CT molecular complexity index is 1180. The van der Waals surface area contributed by atoms with Gasteiger partial charge in [0.05, 0.1) is 36.0 Å². The Morgan fingerprint density at radius 3 is 2.77 bits per heavy atom. The largest absolute Gasteiger partial charge is 0.310 e. The number of aryl methyl sites for hydroxylation is 2. The van der Waals surface area contributed by atoms with E-state index in [1.165, 1.54) is 12.8 Å². The van der Waals surface area contributed by atoms with Crippen molar-refractivity contribution < 1.29 is 4.39 Å². The molecule has 0 saturated carbocycles. The molecule has 1 aliphatic rings. The maximum atomic E-state index is 15.2. The SMILES string of the molecule is CCn1cc(-n2ncc3cc(-c4c(C)cc(C5CCCCN5)cc4F)ncc32)cn1. The first-order chi connectivity index (χ1) is 14.6. The van der Waals surface area contributed by atoms with E-state index in [2.05, 4.69) is 26.6 Å². The highest BCUT2D eigenvalue weighted by molar-refractivity contribution is 5.84. The molecule has 4 aromatic rings. The molecule has 5 rings (SSSR count). The molecule has 7 heteroatoms. The van der Waals surface area contributed by atoms with Crippen molar-refractivity contribution in [1.29, 1.82) is 0 Å². The van der Waals surface area contributed by atoms with E-state index in [1.54, 1.807) is 24.7 Å². The van der Waals surface area contributed by atoms with Crippen molar-refractivity contribution in [1.82, 2.24) is 29.9 Å². The fraction of sp³-hybridized carbons (Fsp3) is 0.348. The number of nitrogens with one attached hydrogen (secondary N) is 1. The first-order valence-electron chi connectivity index (χ1n) is 10.5. The number of benzene rings is 1. The third-order valence-electron chi connectivity index (χ3n) is 5.92. The van der Waals surface area contributed by atoms with Crippen LogP contribution in [0.1, 0.15) is 43.4 Å². The Kier molecular flexibility index (Phi) is 4.83. The Labute approximate surface area is 174 Å². The monoisotopic (exact) mass is 404 g/mol. The van der Waals surface area contributed by atoms with Gasteiger partial charge in [-0.15, -0.1) is 0 Å². The van der Waals surface area contributed by atoms with Gasteiger partial charge >= 0.3 is 0 Å². The molecule has 1 unspecified atom stereocenters. The number of halogens is 1. The summed E-state index contributed by atoms with van der Waals surface area (Å²) in [6, 6.07) is 5.90. The molecule has 4 heterocycles. The van der Waals surface area contributed by atoms with E-state index in [9.17, 15) is 0 Å². The first kappa shape index (κ1) is 18.9. The van der Waals surface area contributed by atoms with E-state index in [4.69, 9.17) is 0 Å². The van der Waals surface area contributed by atoms with Crippen LogP contribution >= 0.6 is 0 Å².